The van der Waals surface area contributed by atoms with Crippen LogP contribution in [0.4, 0.5) is 4.79 Å². The molecule has 2 aromatic carbocycles. The van der Waals surface area contributed by atoms with Crippen LogP contribution < -0.4 is 15.4 Å². The Labute approximate surface area is 190 Å². The second-order valence-electron chi connectivity index (χ2n) is 9.22. The van der Waals surface area contributed by atoms with Gasteiger partial charge in [0.05, 0.1) is 5.49 Å². The molecule has 0 spiro atoms. The first-order valence-corrected chi connectivity index (χ1v) is 11.1. The van der Waals surface area contributed by atoms with E-state index in [-0.39, 0.29) is 28.3 Å². The molecule has 0 radical (unpaired) electrons. The Hall–Kier alpha value is -2.05. The van der Waals surface area contributed by atoms with Gasteiger partial charge in [-0.3, -0.25) is 4.79 Å². The van der Waals surface area contributed by atoms with E-state index in [9.17, 15) is 4.79 Å². The predicted octanol–water partition coefficient (Wildman–Crippen LogP) is 5.83. The molecule has 2 aromatic rings. The monoisotopic (exact) mass is 442 g/mol. The van der Waals surface area contributed by atoms with E-state index in [1.165, 1.54) is 11.1 Å². The van der Waals surface area contributed by atoms with Crippen LogP contribution in [-0.2, 0) is 0 Å². The Morgan fingerprint density at radius 2 is 1.73 bits per heavy atom. The fourth-order valence-electron chi connectivity index (χ4n) is 4.95. The van der Waals surface area contributed by atoms with Crippen molar-refractivity contribution >= 4 is 35.6 Å². The zero-order valence-electron chi connectivity index (χ0n) is 17.7. The molecule has 1 saturated carbocycles. The Morgan fingerprint density at radius 3 is 2.33 bits per heavy atom. The number of carbonyl (C=O) groups is 1. The van der Waals surface area contributed by atoms with E-state index in [1.54, 1.807) is 0 Å². The number of thiocarbonyl (C=S) groups is 1. The van der Waals surface area contributed by atoms with Gasteiger partial charge in [-0.2, -0.15) is 0 Å². The molecular formula is C24H30N2O2S2. The first-order chi connectivity index (χ1) is 14.2. The maximum absolute atomic E-state index is 11.6. The number of amides is 1. The fourth-order valence-corrected chi connectivity index (χ4v) is 5.25. The van der Waals surface area contributed by atoms with Crippen molar-refractivity contribution in [3.63, 3.8) is 0 Å². The molecule has 30 heavy (non-hydrogen) atoms. The van der Waals surface area contributed by atoms with Crippen molar-refractivity contribution in [1.29, 1.82) is 0 Å². The quantitative estimate of drug-likeness (QED) is 0.287. The van der Waals surface area contributed by atoms with Crippen LogP contribution in [0.15, 0.2) is 54.6 Å². The largest absolute Gasteiger partial charge is 0.470 e. The molecule has 0 bridgehead atoms. The minimum absolute atomic E-state index is 0.0437. The van der Waals surface area contributed by atoms with Gasteiger partial charge in [0.15, 0.2) is 6.23 Å². The summed E-state index contributed by atoms with van der Waals surface area (Å²) in [6, 6.07) is 18.4. The van der Waals surface area contributed by atoms with E-state index in [0.29, 0.717) is 0 Å². The molecule has 0 aliphatic heterocycles. The lowest BCUT2D eigenvalue weighted by atomic mass is 9.62. The number of rotatable bonds is 7. The van der Waals surface area contributed by atoms with Gasteiger partial charge < -0.3 is 15.4 Å². The smallest absolute Gasteiger partial charge is 0.276 e. The van der Waals surface area contributed by atoms with Crippen molar-refractivity contribution < 1.29 is 9.53 Å². The Morgan fingerprint density at radius 1 is 1.10 bits per heavy atom. The van der Waals surface area contributed by atoms with E-state index in [2.05, 4.69) is 68.3 Å². The molecule has 4 nitrogen and oxygen atoms in total. The van der Waals surface area contributed by atoms with Crippen molar-refractivity contribution in [3.8, 4) is 16.9 Å². The van der Waals surface area contributed by atoms with E-state index in [4.69, 9.17) is 17.0 Å². The maximum atomic E-state index is 11.6. The molecule has 0 heterocycles. The standard InChI is InChI=1S/C24H30N2O2S2/c1-23(2)13-19(26-22(27)30)14-24(3,15-23)21(25-16-29)28-20-11-9-18(10-12-20)17-7-5-4-6-8-17/h4-12,16,19,21H,13-15H2,1-3H3,(H,25,29)(H2,26,27,30). The molecule has 3 atom stereocenters. The lowest BCUT2D eigenvalue weighted by Gasteiger charge is -2.49. The summed E-state index contributed by atoms with van der Waals surface area (Å²) in [5.74, 6) is 0.781. The molecule has 160 valence electrons. The molecule has 0 saturated heterocycles. The van der Waals surface area contributed by atoms with Gasteiger partial charge in [-0.1, -0.05) is 88.1 Å². The van der Waals surface area contributed by atoms with Crippen LogP contribution in [0, 0.1) is 10.8 Å². The Balaban J connectivity index is 1.80. The third kappa shape index (κ3) is 5.76. The van der Waals surface area contributed by atoms with Crippen LogP contribution in [-0.4, -0.2) is 23.0 Å². The van der Waals surface area contributed by atoms with Crippen molar-refractivity contribution in [1.82, 2.24) is 10.6 Å². The number of hydrogen-bond acceptors (Lipinski definition) is 3. The average Bonchev–Trinajstić information content (AvgIpc) is 2.67. The van der Waals surface area contributed by atoms with Gasteiger partial charge in [0, 0.05) is 11.5 Å². The summed E-state index contributed by atoms with van der Waals surface area (Å²) >= 11 is 9.02. The van der Waals surface area contributed by atoms with Crippen molar-refractivity contribution in [2.75, 3.05) is 0 Å². The highest BCUT2D eigenvalue weighted by Crippen LogP contribution is 2.48. The van der Waals surface area contributed by atoms with Crippen LogP contribution in [0.1, 0.15) is 40.0 Å². The van der Waals surface area contributed by atoms with Crippen LogP contribution in [0.5, 0.6) is 5.75 Å². The van der Waals surface area contributed by atoms with Crippen LogP contribution in [0.25, 0.3) is 11.1 Å². The van der Waals surface area contributed by atoms with Crippen molar-refractivity contribution in [3.05, 3.63) is 54.6 Å². The number of ether oxygens (including phenoxy) is 1. The van der Waals surface area contributed by atoms with Crippen LogP contribution in [0.3, 0.4) is 0 Å². The maximum Gasteiger partial charge on any atom is 0.276 e. The van der Waals surface area contributed by atoms with E-state index < -0.39 is 0 Å². The van der Waals surface area contributed by atoms with Gasteiger partial charge in [-0.05, 0) is 47.9 Å². The molecule has 0 aromatic heterocycles. The van der Waals surface area contributed by atoms with Crippen LogP contribution in [0.2, 0.25) is 0 Å². The number of benzene rings is 2. The van der Waals surface area contributed by atoms with Crippen molar-refractivity contribution in [2.45, 2.75) is 52.3 Å². The fraction of sp³-hybridized carbons (Fsp3) is 0.417. The van der Waals surface area contributed by atoms with E-state index in [1.807, 2.05) is 30.3 Å². The molecule has 2 N–H and O–H groups in total. The first kappa shape index (κ1) is 22.6. The molecular weight excluding hydrogens is 412 g/mol. The summed E-state index contributed by atoms with van der Waals surface area (Å²) in [7, 11) is 0. The molecule has 3 unspecified atom stereocenters. The highest BCUT2D eigenvalue weighted by atomic mass is 32.1. The van der Waals surface area contributed by atoms with Gasteiger partial charge in [0.1, 0.15) is 5.75 Å². The molecule has 1 aliphatic carbocycles. The third-order valence-electron chi connectivity index (χ3n) is 5.79. The predicted molar refractivity (Wildman–Crippen MR) is 130 cm³/mol. The summed E-state index contributed by atoms with van der Waals surface area (Å²) in [6.07, 6.45) is 2.33. The average molecular weight is 443 g/mol. The highest BCUT2D eigenvalue weighted by molar-refractivity contribution is 7.96. The molecule has 1 fully saturated rings. The van der Waals surface area contributed by atoms with Gasteiger partial charge in [0.25, 0.3) is 5.24 Å². The zero-order valence-corrected chi connectivity index (χ0v) is 19.4. The minimum Gasteiger partial charge on any atom is -0.470 e. The van der Waals surface area contributed by atoms with E-state index in [0.717, 1.165) is 30.6 Å². The summed E-state index contributed by atoms with van der Waals surface area (Å²) in [5.41, 5.74) is 3.65. The lowest BCUT2D eigenvalue weighted by Crippen LogP contribution is -2.55. The summed E-state index contributed by atoms with van der Waals surface area (Å²) in [6.45, 7) is 6.65. The molecule has 1 aliphatic rings. The topological polar surface area (TPSA) is 50.4 Å². The second-order valence-corrected chi connectivity index (χ2v) is 9.86. The summed E-state index contributed by atoms with van der Waals surface area (Å²) in [5, 5.41) is 5.93. The van der Waals surface area contributed by atoms with Crippen LogP contribution >= 0.6 is 24.8 Å². The first-order valence-electron chi connectivity index (χ1n) is 10.2. The number of thiol groups is 1. The zero-order chi connectivity index (χ0) is 21.8. The molecule has 3 rings (SSSR count). The molecule has 1 amide bonds. The second kappa shape index (κ2) is 9.40. The van der Waals surface area contributed by atoms with E-state index >= 15 is 0 Å². The normalized spacial score (nSPS) is 23.8. The highest BCUT2D eigenvalue weighted by Gasteiger charge is 2.47. The Kier molecular flexibility index (Phi) is 7.09. The SMILES string of the molecule is CC1(C)CC(NC(=O)S)CC(C)(C(NC=S)Oc2ccc(-c3ccccc3)cc2)C1. The van der Waals surface area contributed by atoms with Gasteiger partial charge in [0.2, 0.25) is 0 Å². The van der Waals surface area contributed by atoms with Crippen molar-refractivity contribution in [2.24, 2.45) is 10.8 Å². The number of hydrogen-bond donors (Lipinski definition) is 3. The lowest BCUT2D eigenvalue weighted by molar-refractivity contribution is -0.0290. The van der Waals surface area contributed by atoms with Gasteiger partial charge in [-0.15, -0.1) is 0 Å². The summed E-state index contributed by atoms with van der Waals surface area (Å²) < 4.78 is 6.39. The number of carbonyl (C=O) groups excluding carboxylic acids is 1. The Bertz CT molecular complexity index is 871. The third-order valence-corrected chi connectivity index (χ3v) is 6.05. The summed E-state index contributed by atoms with van der Waals surface area (Å²) in [4.78, 5) is 11.6. The minimum atomic E-state index is -0.309. The van der Waals surface area contributed by atoms with Gasteiger partial charge >= 0.3 is 0 Å². The van der Waals surface area contributed by atoms with Gasteiger partial charge in [-0.25, -0.2) is 0 Å². The molecule has 6 heteroatoms. The number of nitrogens with one attached hydrogen (secondary N) is 2.